The topological polar surface area (TPSA) is 41.5 Å². The molecule has 1 atom stereocenters. The van der Waals surface area contributed by atoms with E-state index in [1.54, 1.807) is 7.11 Å². The summed E-state index contributed by atoms with van der Waals surface area (Å²) >= 11 is 3.38. The Hall–Kier alpha value is -1.36. The van der Waals surface area contributed by atoms with E-state index < -0.39 is 6.10 Å². The van der Waals surface area contributed by atoms with Crippen molar-refractivity contribution in [3.05, 3.63) is 64.1 Å². The van der Waals surface area contributed by atoms with Crippen LogP contribution in [-0.4, -0.2) is 18.8 Å². The van der Waals surface area contributed by atoms with Gasteiger partial charge in [0.15, 0.2) is 0 Å². The lowest BCUT2D eigenvalue weighted by Crippen LogP contribution is -2.21. The highest BCUT2D eigenvalue weighted by Gasteiger charge is 2.06. The van der Waals surface area contributed by atoms with Gasteiger partial charge in [-0.15, -0.1) is 0 Å². The Bertz CT molecular complexity index is 525. The zero-order chi connectivity index (χ0) is 14.4. The SMILES string of the molecule is COc1ccc(CNC[C@@H](O)c2ccc(Br)cc2)cc1. The third kappa shape index (κ3) is 4.34. The van der Waals surface area contributed by atoms with Gasteiger partial charge in [0.2, 0.25) is 0 Å². The number of aliphatic hydroxyl groups excluding tert-OH is 1. The van der Waals surface area contributed by atoms with Gasteiger partial charge in [0.05, 0.1) is 13.2 Å². The molecule has 0 aliphatic rings. The highest BCUT2D eigenvalue weighted by atomic mass is 79.9. The Kier molecular flexibility index (Phi) is 5.59. The highest BCUT2D eigenvalue weighted by molar-refractivity contribution is 9.10. The molecule has 3 nitrogen and oxygen atoms in total. The second-order valence-electron chi connectivity index (χ2n) is 4.55. The van der Waals surface area contributed by atoms with Crippen LogP contribution in [0.5, 0.6) is 5.75 Å². The van der Waals surface area contributed by atoms with Crippen molar-refractivity contribution in [3.8, 4) is 5.75 Å². The summed E-state index contributed by atoms with van der Waals surface area (Å²) in [6, 6.07) is 15.6. The minimum Gasteiger partial charge on any atom is -0.497 e. The molecule has 0 saturated heterocycles. The summed E-state index contributed by atoms with van der Waals surface area (Å²) in [7, 11) is 1.65. The van der Waals surface area contributed by atoms with Crippen molar-refractivity contribution >= 4 is 15.9 Å². The molecule has 0 amide bonds. The maximum atomic E-state index is 10.1. The molecule has 0 aliphatic carbocycles. The smallest absolute Gasteiger partial charge is 0.118 e. The number of methoxy groups -OCH3 is 1. The number of ether oxygens (including phenoxy) is 1. The predicted molar refractivity (Wildman–Crippen MR) is 83.8 cm³/mol. The third-order valence-electron chi connectivity index (χ3n) is 3.08. The van der Waals surface area contributed by atoms with Crippen molar-refractivity contribution in [2.75, 3.05) is 13.7 Å². The summed E-state index contributed by atoms with van der Waals surface area (Å²) in [6.45, 7) is 1.24. The molecule has 0 radical (unpaired) electrons. The second kappa shape index (κ2) is 7.43. The zero-order valence-corrected chi connectivity index (χ0v) is 12.9. The van der Waals surface area contributed by atoms with Crippen LogP contribution < -0.4 is 10.1 Å². The predicted octanol–water partition coefficient (Wildman–Crippen LogP) is 3.28. The average Bonchev–Trinajstić information content (AvgIpc) is 2.48. The first-order chi connectivity index (χ1) is 9.69. The Morgan fingerprint density at radius 1 is 1.10 bits per heavy atom. The first-order valence-corrected chi connectivity index (χ1v) is 7.25. The molecule has 2 aromatic carbocycles. The van der Waals surface area contributed by atoms with Crippen LogP contribution in [0.1, 0.15) is 17.2 Å². The van der Waals surface area contributed by atoms with E-state index in [2.05, 4.69) is 21.2 Å². The molecule has 2 N–H and O–H groups in total. The molecule has 0 aromatic heterocycles. The van der Waals surface area contributed by atoms with Crippen molar-refractivity contribution in [2.24, 2.45) is 0 Å². The molecule has 0 spiro atoms. The summed E-state index contributed by atoms with van der Waals surface area (Å²) in [5.74, 6) is 0.851. The standard InChI is InChI=1S/C16H18BrNO2/c1-20-15-8-2-12(3-9-15)10-18-11-16(19)13-4-6-14(17)7-5-13/h2-9,16,18-19H,10-11H2,1H3/t16-/m1/s1. The van der Waals surface area contributed by atoms with E-state index in [4.69, 9.17) is 4.74 Å². The number of aliphatic hydroxyl groups is 1. The normalized spacial score (nSPS) is 12.2. The molecule has 0 heterocycles. The Morgan fingerprint density at radius 3 is 2.35 bits per heavy atom. The summed E-state index contributed by atoms with van der Waals surface area (Å²) in [6.07, 6.45) is -0.499. The van der Waals surface area contributed by atoms with E-state index in [9.17, 15) is 5.11 Å². The van der Waals surface area contributed by atoms with E-state index in [-0.39, 0.29) is 0 Å². The van der Waals surface area contributed by atoms with Crippen molar-refractivity contribution in [1.29, 1.82) is 0 Å². The molecule has 106 valence electrons. The van der Waals surface area contributed by atoms with Crippen LogP contribution in [0.3, 0.4) is 0 Å². The number of hydrogen-bond donors (Lipinski definition) is 2. The van der Waals surface area contributed by atoms with Gasteiger partial charge >= 0.3 is 0 Å². The summed E-state index contributed by atoms with van der Waals surface area (Å²) < 4.78 is 6.13. The molecule has 0 fully saturated rings. The average molecular weight is 336 g/mol. The van der Waals surface area contributed by atoms with E-state index in [1.165, 1.54) is 0 Å². The molecule has 2 rings (SSSR count). The Morgan fingerprint density at radius 2 is 1.75 bits per heavy atom. The molecule has 4 heteroatoms. The maximum Gasteiger partial charge on any atom is 0.118 e. The first kappa shape index (κ1) is 15.0. The van der Waals surface area contributed by atoms with Crippen LogP contribution in [0.2, 0.25) is 0 Å². The first-order valence-electron chi connectivity index (χ1n) is 6.46. The van der Waals surface area contributed by atoms with Gasteiger partial charge in [-0.05, 0) is 35.4 Å². The van der Waals surface area contributed by atoms with Crippen LogP contribution in [0.15, 0.2) is 53.0 Å². The van der Waals surface area contributed by atoms with E-state index in [0.29, 0.717) is 6.54 Å². The minimum absolute atomic E-state index is 0.499. The number of rotatable bonds is 6. The van der Waals surface area contributed by atoms with Crippen LogP contribution in [0.4, 0.5) is 0 Å². The summed E-state index contributed by atoms with van der Waals surface area (Å²) in [5, 5.41) is 13.3. The lowest BCUT2D eigenvalue weighted by Gasteiger charge is -2.12. The van der Waals surface area contributed by atoms with Gasteiger partial charge in [-0.1, -0.05) is 40.2 Å². The van der Waals surface area contributed by atoms with Gasteiger partial charge in [0.1, 0.15) is 5.75 Å². The molecular formula is C16H18BrNO2. The fourth-order valence-corrected chi connectivity index (χ4v) is 2.16. The lowest BCUT2D eigenvalue weighted by atomic mass is 10.1. The van der Waals surface area contributed by atoms with E-state index >= 15 is 0 Å². The molecule has 0 aliphatic heterocycles. The number of hydrogen-bond acceptors (Lipinski definition) is 3. The van der Waals surface area contributed by atoms with Crippen LogP contribution in [0, 0.1) is 0 Å². The van der Waals surface area contributed by atoms with Gasteiger partial charge < -0.3 is 15.2 Å². The monoisotopic (exact) mass is 335 g/mol. The number of nitrogens with one attached hydrogen (secondary N) is 1. The zero-order valence-electron chi connectivity index (χ0n) is 11.3. The molecule has 0 unspecified atom stereocenters. The van der Waals surface area contributed by atoms with Crippen molar-refractivity contribution in [1.82, 2.24) is 5.32 Å². The van der Waals surface area contributed by atoms with Crippen molar-refractivity contribution < 1.29 is 9.84 Å². The number of benzene rings is 2. The van der Waals surface area contributed by atoms with Crippen LogP contribution >= 0.6 is 15.9 Å². The third-order valence-corrected chi connectivity index (χ3v) is 3.61. The number of halogens is 1. The summed E-state index contributed by atoms with van der Waals surface area (Å²) in [4.78, 5) is 0. The van der Waals surface area contributed by atoms with Gasteiger partial charge in [-0.2, -0.15) is 0 Å². The maximum absolute atomic E-state index is 10.1. The quantitative estimate of drug-likeness (QED) is 0.851. The van der Waals surface area contributed by atoms with E-state index in [1.807, 2.05) is 48.5 Å². The van der Waals surface area contributed by atoms with Gasteiger partial charge in [-0.25, -0.2) is 0 Å². The fourth-order valence-electron chi connectivity index (χ4n) is 1.90. The van der Waals surface area contributed by atoms with Gasteiger partial charge in [0, 0.05) is 17.6 Å². The van der Waals surface area contributed by atoms with Crippen LogP contribution in [-0.2, 0) is 6.54 Å². The highest BCUT2D eigenvalue weighted by Crippen LogP contribution is 2.16. The minimum atomic E-state index is -0.499. The van der Waals surface area contributed by atoms with Crippen molar-refractivity contribution in [2.45, 2.75) is 12.6 Å². The molecular weight excluding hydrogens is 318 g/mol. The second-order valence-corrected chi connectivity index (χ2v) is 5.46. The summed E-state index contributed by atoms with van der Waals surface area (Å²) in [5.41, 5.74) is 2.07. The van der Waals surface area contributed by atoms with E-state index in [0.717, 1.165) is 27.9 Å². The van der Waals surface area contributed by atoms with Gasteiger partial charge in [0.25, 0.3) is 0 Å². The Balaban J connectivity index is 1.81. The molecule has 20 heavy (non-hydrogen) atoms. The largest absolute Gasteiger partial charge is 0.497 e. The van der Waals surface area contributed by atoms with Crippen LogP contribution in [0.25, 0.3) is 0 Å². The molecule has 0 saturated carbocycles. The molecule has 0 bridgehead atoms. The Labute approximate surface area is 127 Å². The lowest BCUT2D eigenvalue weighted by molar-refractivity contribution is 0.174. The fraction of sp³-hybridized carbons (Fsp3) is 0.250. The van der Waals surface area contributed by atoms with Crippen molar-refractivity contribution in [3.63, 3.8) is 0 Å². The molecule has 2 aromatic rings. The van der Waals surface area contributed by atoms with Gasteiger partial charge in [-0.3, -0.25) is 0 Å².